The van der Waals surface area contributed by atoms with E-state index in [2.05, 4.69) is 22.4 Å². The van der Waals surface area contributed by atoms with Gasteiger partial charge in [0, 0.05) is 0 Å². The molecule has 0 aliphatic heterocycles. The molecule has 0 radical (unpaired) electrons. The lowest BCUT2D eigenvalue weighted by molar-refractivity contribution is 0.368. The first-order valence-corrected chi connectivity index (χ1v) is 5.06. The Balaban J connectivity index is 2.41. The molecule has 0 aromatic carbocycles. The van der Waals surface area contributed by atoms with Crippen LogP contribution in [0.1, 0.15) is 18.6 Å². The SMILES string of the molecule is CCSCc1noc(CNC)n1. The molecule has 12 heavy (non-hydrogen) atoms. The molecule has 1 N–H and O–H groups in total. The maximum Gasteiger partial charge on any atom is 0.240 e. The van der Waals surface area contributed by atoms with E-state index in [4.69, 9.17) is 4.52 Å². The van der Waals surface area contributed by atoms with Gasteiger partial charge in [-0.1, -0.05) is 12.1 Å². The van der Waals surface area contributed by atoms with Gasteiger partial charge in [0.15, 0.2) is 5.82 Å². The maximum absolute atomic E-state index is 4.97. The van der Waals surface area contributed by atoms with Crippen LogP contribution < -0.4 is 5.32 Å². The number of nitrogens with one attached hydrogen (secondary N) is 1. The Hall–Kier alpha value is -0.550. The third kappa shape index (κ3) is 2.83. The Kier molecular flexibility index (Phi) is 4.10. The molecule has 0 amide bonds. The van der Waals surface area contributed by atoms with Gasteiger partial charge in [0.1, 0.15) is 0 Å². The molecule has 5 heteroatoms. The van der Waals surface area contributed by atoms with Gasteiger partial charge in [-0.15, -0.1) is 0 Å². The first kappa shape index (κ1) is 9.54. The van der Waals surface area contributed by atoms with E-state index in [1.165, 1.54) is 0 Å². The van der Waals surface area contributed by atoms with Gasteiger partial charge in [0.2, 0.25) is 5.89 Å². The van der Waals surface area contributed by atoms with Crippen molar-refractivity contribution >= 4 is 11.8 Å². The molecule has 68 valence electrons. The molecule has 0 saturated carbocycles. The van der Waals surface area contributed by atoms with E-state index in [0.717, 1.165) is 17.3 Å². The Bertz CT molecular complexity index is 226. The highest BCUT2D eigenvalue weighted by Gasteiger charge is 2.03. The van der Waals surface area contributed by atoms with Crippen molar-refractivity contribution in [3.63, 3.8) is 0 Å². The first-order valence-electron chi connectivity index (χ1n) is 3.90. The second kappa shape index (κ2) is 5.16. The van der Waals surface area contributed by atoms with E-state index in [1.807, 2.05) is 7.05 Å². The maximum atomic E-state index is 4.97. The minimum absolute atomic E-state index is 0.643. The monoisotopic (exact) mass is 187 g/mol. The standard InChI is InChI=1S/C7H13N3OS/c1-3-12-5-6-9-7(4-8-2)11-10-6/h8H,3-5H2,1-2H3. The quantitative estimate of drug-likeness (QED) is 0.746. The largest absolute Gasteiger partial charge is 0.338 e. The van der Waals surface area contributed by atoms with Gasteiger partial charge in [-0.3, -0.25) is 0 Å². The molecule has 0 spiro atoms. The molecule has 1 heterocycles. The smallest absolute Gasteiger partial charge is 0.240 e. The molecule has 0 bridgehead atoms. The average molecular weight is 187 g/mol. The van der Waals surface area contributed by atoms with Gasteiger partial charge < -0.3 is 9.84 Å². The molecule has 1 aromatic heterocycles. The van der Waals surface area contributed by atoms with E-state index >= 15 is 0 Å². The summed E-state index contributed by atoms with van der Waals surface area (Å²) in [4.78, 5) is 4.18. The van der Waals surface area contributed by atoms with Crippen molar-refractivity contribution in [3.05, 3.63) is 11.7 Å². The molecular formula is C7H13N3OS. The van der Waals surface area contributed by atoms with E-state index < -0.39 is 0 Å². The van der Waals surface area contributed by atoms with Gasteiger partial charge in [-0.2, -0.15) is 16.7 Å². The van der Waals surface area contributed by atoms with Gasteiger partial charge in [0.25, 0.3) is 0 Å². The van der Waals surface area contributed by atoms with E-state index in [0.29, 0.717) is 12.4 Å². The van der Waals surface area contributed by atoms with Crippen LogP contribution in [0.4, 0.5) is 0 Å². The normalized spacial score (nSPS) is 10.5. The summed E-state index contributed by atoms with van der Waals surface area (Å²) in [5.74, 6) is 3.36. The predicted octanol–water partition coefficient (Wildman–Crippen LogP) is 1.04. The minimum Gasteiger partial charge on any atom is -0.338 e. The Morgan fingerprint density at radius 3 is 3.08 bits per heavy atom. The highest BCUT2D eigenvalue weighted by Crippen LogP contribution is 2.07. The van der Waals surface area contributed by atoms with Crippen LogP contribution in [-0.4, -0.2) is 22.9 Å². The van der Waals surface area contributed by atoms with Crippen LogP contribution in [0.15, 0.2) is 4.52 Å². The molecule has 0 atom stereocenters. The van der Waals surface area contributed by atoms with Crippen molar-refractivity contribution in [2.75, 3.05) is 12.8 Å². The predicted molar refractivity (Wildman–Crippen MR) is 48.9 cm³/mol. The number of hydrogen-bond acceptors (Lipinski definition) is 5. The number of thioether (sulfide) groups is 1. The first-order chi connectivity index (χ1) is 5.86. The third-order valence-electron chi connectivity index (χ3n) is 1.27. The van der Waals surface area contributed by atoms with Crippen molar-refractivity contribution in [1.29, 1.82) is 0 Å². The molecule has 0 unspecified atom stereocenters. The lowest BCUT2D eigenvalue weighted by Crippen LogP contribution is -2.05. The number of rotatable bonds is 5. The summed E-state index contributed by atoms with van der Waals surface area (Å²) in [5, 5.41) is 6.78. The highest BCUT2D eigenvalue weighted by molar-refractivity contribution is 7.98. The number of hydrogen-bond donors (Lipinski definition) is 1. The molecule has 1 aromatic rings. The van der Waals surface area contributed by atoms with Gasteiger partial charge in [-0.25, -0.2) is 0 Å². The van der Waals surface area contributed by atoms with Gasteiger partial charge >= 0.3 is 0 Å². The van der Waals surface area contributed by atoms with Crippen LogP contribution in [0.5, 0.6) is 0 Å². The lowest BCUT2D eigenvalue weighted by atomic mass is 10.6. The van der Waals surface area contributed by atoms with Crippen LogP contribution in [0, 0.1) is 0 Å². The van der Waals surface area contributed by atoms with Crippen molar-refractivity contribution in [1.82, 2.24) is 15.5 Å². The van der Waals surface area contributed by atoms with Gasteiger partial charge in [0.05, 0.1) is 12.3 Å². The van der Waals surface area contributed by atoms with Crippen LogP contribution in [-0.2, 0) is 12.3 Å². The zero-order valence-corrected chi connectivity index (χ0v) is 8.15. The Morgan fingerprint density at radius 1 is 1.58 bits per heavy atom. The fourth-order valence-corrected chi connectivity index (χ4v) is 1.27. The van der Waals surface area contributed by atoms with Crippen LogP contribution >= 0.6 is 11.8 Å². The summed E-state index contributed by atoms with van der Waals surface area (Å²) < 4.78 is 4.97. The topological polar surface area (TPSA) is 51.0 Å². The zero-order valence-electron chi connectivity index (χ0n) is 7.33. The summed E-state index contributed by atoms with van der Waals surface area (Å²) in [6.45, 7) is 2.75. The molecular weight excluding hydrogens is 174 g/mol. The summed E-state index contributed by atoms with van der Waals surface area (Å²) in [6.07, 6.45) is 0. The summed E-state index contributed by atoms with van der Waals surface area (Å²) >= 11 is 1.79. The van der Waals surface area contributed by atoms with Crippen molar-refractivity contribution in [3.8, 4) is 0 Å². The molecule has 0 fully saturated rings. The van der Waals surface area contributed by atoms with E-state index in [1.54, 1.807) is 11.8 Å². The average Bonchev–Trinajstić information content (AvgIpc) is 2.50. The fourth-order valence-electron chi connectivity index (χ4n) is 0.765. The Morgan fingerprint density at radius 2 is 2.42 bits per heavy atom. The highest BCUT2D eigenvalue weighted by atomic mass is 32.2. The third-order valence-corrected chi connectivity index (χ3v) is 2.14. The van der Waals surface area contributed by atoms with E-state index in [9.17, 15) is 0 Å². The number of aromatic nitrogens is 2. The molecule has 0 saturated heterocycles. The molecule has 0 aliphatic carbocycles. The van der Waals surface area contributed by atoms with Crippen LogP contribution in [0.25, 0.3) is 0 Å². The fraction of sp³-hybridized carbons (Fsp3) is 0.714. The molecule has 4 nitrogen and oxygen atoms in total. The summed E-state index contributed by atoms with van der Waals surface area (Å²) in [5.41, 5.74) is 0. The minimum atomic E-state index is 0.643. The van der Waals surface area contributed by atoms with Gasteiger partial charge in [-0.05, 0) is 12.8 Å². The summed E-state index contributed by atoms with van der Waals surface area (Å²) in [7, 11) is 1.85. The van der Waals surface area contributed by atoms with Crippen molar-refractivity contribution < 1.29 is 4.52 Å². The summed E-state index contributed by atoms with van der Waals surface area (Å²) in [6, 6.07) is 0. The second-order valence-corrected chi connectivity index (χ2v) is 3.55. The second-order valence-electron chi connectivity index (χ2n) is 2.27. The van der Waals surface area contributed by atoms with Crippen molar-refractivity contribution in [2.45, 2.75) is 19.2 Å². The molecule has 1 rings (SSSR count). The van der Waals surface area contributed by atoms with Crippen LogP contribution in [0.3, 0.4) is 0 Å². The van der Waals surface area contributed by atoms with Crippen molar-refractivity contribution in [2.24, 2.45) is 0 Å². The Labute approximate surface area is 76.1 Å². The lowest BCUT2D eigenvalue weighted by Gasteiger charge is -1.89. The van der Waals surface area contributed by atoms with Crippen LogP contribution in [0.2, 0.25) is 0 Å². The van der Waals surface area contributed by atoms with E-state index in [-0.39, 0.29) is 0 Å². The zero-order chi connectivity index (χ0) is 8.81. The molecule has 0 aliphatic rings. The number of nitrogens with zero attached hydrogens (tertiary/aromatic N) is 2.